The van der Waals surface area contributed by atoms with Gasteiger partial charge in [0.1, 0.15) is 6.04 Å². The fourth-order valence-electron chi connectivity index (χ4n) is 5.18. The van der Waals surface area contributed by atoms with Gasteiger partial charge in [0.2, 0.25) is 0 Å². The minimum absolute atomic E-state index is 0.0251. The first-order valence-corrected chi connectivity index (χ1v) is 14.0. The average Bonchev–Trinajstić information content (AvgIpc) is 3.30. The molecule has 2 atom stereocenters. The van der Waals surface area contributed by atoms with Crippen molar-refractivity contribution in [3.05, 3.63) is 106 Å². The lowest BCUT2D eigenvalue weighted by Crippen LogP contribution is -2.48. The van der Waals surface area contributed by atoms with Crippen LogP contribution in [0.3, 0.4) is 0 Å². The number of nitrogens with one attached hydrogen (secondary N) is 1. The maximum atomic E-state index is 14.0. The van der Waals surface area contributed by atoms with Crippen LogP contribution < -0.4 is 5.32 Å². The second-order valence-electron chi connectivity index (χ2n) is 9.71. The highest BCUT2D eigenvalue weighted by molar-refractivity contribution is 7.89. The number of benzene rings is 3. The molecule has 1 fully saturated rings. The van der Waals surface area contributed by atoms with E-state index >= 15 is 0 Å². The number of aryl methyl sites for hydroxylation is 1. The molecule has 1 saturated carbocycles. The van der Waals surface area contributed by atoms with Gasteiger partial charge < -0.3 is 5.32 Å². The molecule has 0 unspecified atom stereocenters. The first kappa shape index (κ1) is 25.1. The summed E-state index contributed by atoms with van der Waals surface area (Å²) in [5.41, 5.74) is 2.98. The number of nitro benzene ring substituents is 1. The zero-order valence-electron chi connectivity index (χ0n) is 20.7. The predicted octanol–water partition coefficient (Wildman–Crippen LogP) is 5.34. The molecule has 2 aliphatic rings. The maximum absolute atomic E-state index is 14.0. The first-order valence-electron chi connectivity index (χ1n) is 12.6. The third kappa shape index (κ3) is 5.14. The van der Waals surface area contributed by atoms with Crippen molar-refractivity contribution in [3.8, 4) is 0 Å². The van der Waals surface area contributed by atoms with Gasteiger partial charge in [-0.25, -0.2) is 0 Å². The van der Waals surface area contributed by atoms with Gasteiger partial charge in [-0.3, -0.25) is 10.1 Å². The van der Waals surface area contributed by atoms with Crippen LogP contribution in [0, 0.1) is 17.0 Å². The standard InChI is InChI=1S/C28H30N4O4S/c1-20-12-18-25(19-13-20)37(35,36)31-28(22-8-4-2-5-9-22)27(29-23-10-6-3-7-11-23)26(30-31)21-14-16-24(17-15-21)32(33)34/h2,4-5,8-9,12-19,23,27-29H,3,6-7,10-11H2,1H3/t27-,28+/m0/s1. The molecule has 1 heterocycles. The smallest absolute Gasteiger partial charge is 0.279 e. The molecule has 1 aliphatic carbocycles. The first-order chi connectivity index (χ1) is 17.8. The van der Waals surface area contributed by atoms with Gasteiger partial charge in [0.25, 0.3) is 15.7 Å². The highest BCUT2D eigenvalue weighted by Gasteiger charge is 2.45. The van der Waals surface area contributed by atoms with E-state index in [1.165, 1.54) is 23.0 Å². The molecule has 0 spiro atoms. The van der Waals surface area contributed by atoms with Crippen molar-refractivity contribution in [2.45, 2.75) is 62.0 Å². The molecule has 192 valence electrons. The lowest BCUT2D eigenvalue weighted by Gasteiger charge is -2.32. The van der Waals surface area contributed by atoms with Crippen molar-refractivity contribution in [1.29, 1.82) is 0 Å². The van der Waals surface area contributed by atoms with Gasteiger partial charge in [0.15, 0.2) is 0 Å². The monoisotopic (exact) mass is 518 g/mol. The molecule has 1 N–H and O–H groups in total. The summed E-state index contributed by atoms with van der Waals surface area (Å²) in [6.45, 7) is 1.91. The number of hydrogen-bond acceptors (Lipinski definition) is 6. The molecule has 5 rings (SSSR count). The summed E-state index contributed by atoms with van der Waals surface area (Å²) in [4.78, 5) is 11.0. The van der Waals surface area contributed by atoms with Crippen LogP contribution in [-0.2, 0) is 10.0 Å². The number of nitro groups is 1. The number of hydrogen-bond donors (Lipinski definition) is 1. The topological polar surface area (TPSA) is 105 Å². The van der Waals surface area contributed by atoms with Gasteiger partial charge >= 0.3 is 0 Å². The van der Waals surface area contributed by atoms with Crippen molar-refractivity contribution < 1.29 is 13.3 Å². The zero-order chi connectivity index (χ0) is 26.0. The van der Waals surface area contributed by atoms with Gasteiger partial charge in [-0.15, -0.1) is 0 Å². The average molecular weight is 519 g/mol. The number of rotatable bonds is 7. The summed E-state index contributed by atoms with van der Waals surface area (Å²) >= 11 is 0. The van der Waals surface area contributed by atoms with E-state index in [2.05, 4.69) is 5.32 Å². The SMILES string of the molecule is Cc1ccc(S(=O)(=O)N2N=C(c3ccc([N+](=O)[O-])cc3)[C@H](NC3CCCCC3)[C@H]2c2ccccc2)cc1. The molecule has 9 heteroatoms. The van der Waals surface area contributed by atoms with Crippen molar-refractivity contribution in [2.75, 3.05) is 0 Å². The van der Waals surface area contributed by atoms with Crippen LogP contribution in [0.25, 0.3) is 0 Å². The van der Waals surface area contributed by atoms with E-state index in [0.29, 0.717) is 11.3 Å². The van der Waals surface area contributed by atoms with Crippen LogP contribution in [0.5, 0.6) is 0 Å². The second-order valence-corrected chi connectivity index (χ2v) is 11.5. The molecule has 0 radical (unpaired) electrons. The molecule has 0 amide bonds. The summed E-state index contributed by atoms with van der Waals surface area (Å²) < 4.78 is 29.2. The van der Waals surface area contributed by atoms with Crippen LogP contribution in [0.4, 0.5) is 5.69 Å². The molecular formula is C28H30N4O4S. The summed E-state index contributed by atoms with van der Waals surface area (Å²) in [5, 5.41) is 19.7. The largest absolute Gasteiger partial charge is 0.304 e. The summed E-state index contributed by atoms with van der Waals surface area (Å²) in [6.07, 6.45) is 5.46. The lowest BCUT2D eigenvalue weighted by atomic mass is 9.90. The molecule has 37 heavy (non-hydrogen) atoms. The van der Waals surface area contributed by atoms with Crippen LogP contribution in [0.1, 0.15) is 54.8 Å². The van der Waals surface area contributed by atoms with Crippen molar-refractivity contribution in [1.82, 2.24) is 9.73 Å². The van der Waals surface area contributed by atoms with Crippen molar-refractivity contribution in [2.24, 2.45) is 5.10 Å². The number of sulfonamides is 1. The summed E-state index contributed by atoms with van der Waals surface area (Å²) in [7, 11) is -3.99. The van der Waals surface area contributed by atoms with E-state index in [1.54, 1.807) is 36.4 Å². The van der Waals surface area contributed by atoms with Crippen molar-refractivity contribution in [3.63, 3.8) is 0 Å². The molecule has 0 saturated heterocycles. The normalized spacial score (nSPS) is 20.6. The summed E-state index contributed by atoms with van der Waals surface area (Å²) in [6, 6.07) is 21.7. The Bertz CT molecular complexity index is 1380. The van der Waals surface area contributed by atoms with Gasteiger partial charge in [-0.1, -0.05) is 67.3 Å². The summed E-state index contributed by atoms with van der Waals surface area (Å²) in [5.74, 6) is 0. The van der Waals surface area contributed by atoms with Crippen LogP contribution in [0.15, 0.2) is 88.9 Å². The van der Waals surface area contributed by atoms with Gasteiger partial charge in [0, 0.05) is 18.2 Å². The molecule has 3 aromatic carbocycles. The second kappa shape index (κ2) is 10.4. The van der Waals surface area contributed by atoms with E-state index in [1.807, 2.05) is 37.3 Å². The minimum atomic E-state index is -3.99. The quantitative estimate of drug-likeness (QED) is 0.336. The van der Waals surface area contributed by atoms with Gasteiger partial charge in [0.05, 0.1) is 21.6 Å². The predicted molar refractivity (Wildman–Crippen MR) is 143 cm³/mol. The molecule has 0 aromatic heterocycles. The number of non-ortho nitro benzene ring substituents is 1. The number of hydrazone groups is 1. The number of nitrogens with zero attached hydrogens (tertiary/aromatic N) is 3. The van der Waals surface area contributed by atoms with E-state index in [9.17, 15) is 18.5 Å². The van der Waals surface area contributed by atoms with Crippen LogP contribution >= 0.6 is 0 Å². The highest BCUT2D eigenvalue weighted by atomic mass is 32.2. The Morgan fingerprint density at radius 3 is 2.19 bits per heavy atom. The van der Waals surface area contributed by atoms with Gasteiger partial charge in [-0.05, 0) is 55.2 Å². The molecule has 3 aromatic rings. The van der Waals surface area contributed by atoms with E-state index in [0.717, 1.165) is 36.8 Å². The highest BCUT2D eigenvalue weighted by Crippen LogP contribution is 2.38. The van der Waals surface area contributed by atoms with E-state index in [4.69, 9.17) is 5.10 Å². The Morgan fingerprint density at radius 2 is 1.57 bits per heavy atom. The van der Waals surface area contributed by atoms with E-state index < -0.39 is 27.0 Å². The Balaban J connectivity index is 1.64. The Morgan fingerprint density at radius 1 is 0.919 bits per heavy atom. The van der Waals surface area contributed by atoms with Crippen molar-refractivity contribution >= 4 is 21.4 Å². The fourth-order valence-corrected chi connectivity index (χ4v) is 6.62. The molecular weight excluding hydrogens is 488 g/mol. The van der Waals surface area contributed by atoms with Gasteiger partial charge in [-0.2, -0.15) is 17.9 Å². The maximum Gasteiger partial charge on any atom is 0.279 e. The third-order valence-corrected chi connectivity index (χ3v) is 8.82. The van der Waals surface area contributed by atoms with Crippen LogP contribution in [-0.4, -0.2) is 35.6 Å². The minimum Gasteiger partial charge on any atom is -0.304 e. The van der Waals surface area contributed by atoms with E-state index in [-0.39, 0.29) is 16.6 Å². The molecule has 1 aliphatic heterocycles. The molecule has 0 bridgehead atoms. The lowest BCUT2D eigenvalue weighted by molar-refractivity contribution is -0.384. The third-order valence-electron chi connectivity index (χ3n) is 7.16. The fraction of sp³-hybridized carbons (Fsp3) is 0.321. The Hall–Kier alpha value is -3.56. The zero-order valence-corrected chi connectivity index (χ0v) is 21.5. The van der Waals surface area contributed by atoms with Crippen LogP contribution in [0.2, 0.25) is 0 Å². The Kier molecular flexibility index (Phi) is 7.08. The molecule has 8 nitrogen and oxygen atoms in total. The Labute approximate surface area is 217 Å².